The molecule has 2 aromatic heterocycles. The van der Waals surface area contributed by atoms with E-state index in [2.05, 4.69) is 50.1 Å². The van der Waals surface area contributed by atoms with Crippen LogP contribution < -0.4 is 4.74 Å². The molecule has 1 fully saturated rings. The van der Waals surface area contributed by atoms with Gasteiger partial charge >= 0.3 is 0 Å². The summed E-state index contributed by atoms with van der Waals surface area (Å²) in [5, 5.41) is 14.9. The summed E-state index contributed by atoms with van der Waals surface area (Å²) < 4.78 is 7.20. The molecule has 0 bridgehead atoms. The smallest absolute Gasteiger partial charge is 0.174 e. The number of benzene rings is 1. The van der Waals surface area contributed by atoms with Gasteiger partial charge in [-0.05, 0) is 65.5 Å². The number of hydrogen-bond donors (Lipinski definition) is 0. The fourth-order valence-electron chi connectivity index (χ4n) is 3.69. The first kappa shape index (κ1) is 18.1. The van der Waals surface area contributed by atoms with Gasteiger partial charge in [0.05, 0.1) is 13.7 Å². The number of ether oxygens (including phenoxy) is 1. The fourth-order valence-corrected chi connectivity index (χ4v) is 4.55. The molecule has 0 spiro atoms. The minimum atomic E-state index is 0.122. The minimum absolute atomic E-state index is 0.122. The van der Waals surface area contributed by atoms with Gasteiger partial charge in [0, 0.05) is 4.88 Å². The van der Waals surface area contributed by atoms with E-state index in [-0.39, 0.29) is 6.04 Å². The zero-order valence-corrected chi connectivity index (χ0v) is 16.4. The van der Waals surface area contributed by atoms with Crippen molar-refractivity contribution in [3.8, 4) is 5.75 Å². The quantitative estimate of drug-likeness (QED) is 0.649. The van der Waals surface area contributed by atoms with Crippen LogP contribution in [0.3, 0.4) is 0 Å². The first-order valence-electron chi connectivity index (χ1n) is 9.51. The van der Waals surface area contributed by atoms with E-state index in [9.17, 15) is 0 Å². The Hall–Kier alpha value is -2.25. The average Bonchev–Trinajstić information content (AvgIpc) is 3.31. The number of likely N-dealkylation sites (tertiary alicyclic amines) is 1. The van der Waals surface area contributed by atoms with Crippen molar-refractivity contribution in [2.75, 3.05) is 20.2 Å². The molecule has 0 aliphatic carbocycles. The van der Waals surface area contributed by atoms with Crippen LogP contribution in [0.2, 0.25) is 0 Å². The molecule has 0 saturated carbocycles. The third-order valence-electron chi connectivity index (χ3n) is 5.11. The molecule has 4 rings (SSSR count). The number of rotatable bonds is 6. The Labute approximate surface area is 163 Å². The summed E-state index contributed by atoms with van der Waals surface area (Å²) in [6, 6.07) is 12.5. The van der Waals surface area contributed by atoms with Crippen molar-refractivity contribution >= 4 is 11.3 Å². The highest BCUT2D eigenvalue weighted by molar-refractivity contribution is 7.10. The van der Waals surface area contributed by atoms with E-state index >= 15 is 0 Å². The van der Waals surface area contributed by atoms with Crippen molar-refractivity contribution in [2.45, 2.75) is 38.3 Å². The highest BCUT2D eigenvalue weighted by Gasteiger charge is 2.29. The second-order valence-electron chi connectivity index (χ2n) is 6.91. The van der Waals surface area contributed by atoms with Gasteiger partial charge in [0.2, 0.25) is 0 Å². The van der Waals surface area contributed by atoms with Crippen molar-refractivity contribution in [3.63, 3.8) is 0 Å². The Morgan fingerprint density at radius 3 is 2.52 bits per heavy atom. The Bertz CT molecular complexity index is 822. The molecule has 142 valence electrons. The van der Waals surface area contributed by atoms with E-state index in [4.69, 9.17) is 4.74 Å². The maximum Gasteiger partial charge on any atom is 0.174 e. The highest BCUT2D eigenvalue weighted by atomic mass is 32.1. The van der Waals surface area contributed by atoms with Crippen LogP contribution >= 0.6 is 11.3 Å². The topological polar surface area (TPSA) is 56.1 Å². The monoisotopic (exact) mass is 383 g/mol. The van der Waals surface area contributed by atoms with Crippen LogP contribution in [0.1, 0.15) is 48.0 Å². The van der Waals surface area contributed by atoms with Crippen molar-refractivity contribution in [1.82, 2.24) is 25.1 Å². The van der Waals surface area contributed by atoms with Gasteiger partial charge in [-0.3, -0.25) is 4.90 Å². The number of methoxy groups -OCH3 is 1. The zero-order chi connectivity index (χ0) is 18.5. The van der Waals surface area contributed by atoms with Crippen LogP contribution in [-0.4, -0.2) is 45.3 Å². The molecule has 1 saturated heterocycles. The van der Waals surface area contributed by atoms with Crippen LogP contribution in [-0.2, 0) is 6.54 Å². The molecule has 7 heteroatoms. The molecular formula is C20H25N5OS. The van der Waals surface area contributed by atoms with Gasteiger partial charge in [0.1, 0.15) is 11.8 Å². The van der Waals surface area contributed by atoms with E-state index in [1.807, 2.05) is 16.8 Å². The lowest BCUT2D eigenvalue weighted by Crippen LogP contribution is -2.32. The Morgan fingerprint density at radius 1 is 1.07 bits per heavy atom. The van der Waals surface area contributed by atoms with Gasteiger partial charge in [-0.2, -0.15) is 0 Å². The molecule has 0 radical (unpaired) electrons. The standard InChI is InChI=1S/C20H25N5OS/c1-26-17-10-8-16(9-11-17)15-25-20(21-22-23-25)19(18-7-6-14-27-18)24-12-4-2-3-5-13-24/h6-11,14,19H,2-5,12-13,15H2,1H3/t19-/m0/s1. The van der Waals surface area contributed by atoms with Gasteiger partial charge in [-0.1, -0.05) is 31.0 Å². The van der Waals surface area contributed by atoms with Crippen LogP contribution in [0, 0.1) is 0 Å². The van der Waals surface area contributed by atoms with Crippen molar-refractivity contribution in [2.24, 2.45) is 0 Å². The minimum Gasteiger partial charge on any atom is -0.497 e. The third kappa shape index (κ3) is 4.20. The third-order valence-corrected chi connectivity index (χ3v) is 6.04. The van der Waals surface area contributed by atoms with E-state index in [1.54, 1.807) is 18.4 Å². The van der Waals surface area contributed by atoms with E-state index < -0.39 is 0 Å². The number of tetrazole rings is 1. The van der Waals surface area contributed by atoms with Crippen LogP contribution in [0.25, 0.3) is 0 Å². The molecule has 27 heavy (non-hydrogen) atoms. The average molecular weight is 384 g/mol. The van der Waals surface area contributed by atoms with Crippen LogP contribution in [0.5, 0.6) is 5.75 Å². The van der Waals surface area contributed by atoms with Crippen molar-refractivity contribution < 1.29 is 4.74 Å². The summed E-state index contributed by atoms with van der Waals surface area (Å²) in [5.74, 6) is 1.78. The second-order valence-corrected chi connectivity index (χ2v) is 7.89. The predicted molar refractivity (Wildman–Crippen MR) is 106 cm³/mol. The summed E-state index contributed by atoms with van der Waals surface area (Å²) in [6.45, 7) is 2.85. The first-order chi connectivity index (χ1) is 13.3. The number of hydrogen-bond acceptors (Lipinski definition) is 6. The van der Waals surface area contributed by atoms with Crippen LogP contribution in [0.4, 0.5) is 0 Å². The Balaban J connectivity index is 1.63. The molecule has 0 amide bonds. The highest BCUT2D eigenvalue weighted by Crippen LogP contribution is 2.32. The molecule has 3 heterocycles. The zero-order valence-electron chi connectivity index (χ0n) is 15.6. The lowest BCUT2D eigenvalue weighted by atomic mass is 10.1. The van der Waals surface area contributed by atoms with Gasteiger partial charge in [0.25, 0.3) is 0 Å². The lowest BCUT2D eigenvalue weighted by molar-refractivity contribution is 0.224. The molecule has 3 aromatic rings. The summed E-state index contributed by atoms with van der Waals surface area (Å²) >= 11 is 1.78. The lowest BCUT2D eigenvalue weighted by Gasteiger charge is -2.29. The second kappa shape index (κ2) is 8.63. The van der Waals surface area contributed by atoms with Gasteiger partial charge < -0.3 is 4.74 Å². The fraction of sp³-hybridized carbons (Fsp3) is 0.450. The summed E-state index contributed by atoms with van der Waals surface area (Å²) in [7, 11) is 1.68. The predicted octanol–water partition coefficient (Wildman–Crippen LogP) is 3.76. The van der Waals surface area contributed by atoms with E-state index in [0.29, 0.717) is 6.54 Å². The number of aromatic nitrogens is 4. The molecule has 1 aromatic carbocycles. The normalized spacial score (nSPS) is 16.8. The molecule has 0 unspecified atom stereocenters. The maximum atomic E-state index is 5.25. The van der Waals surface area contributed by atoms with Crippen molar-refractivity contribution in [1.29, 1.82) is 0 Å². The molecule has 1 aliphatic rings. The van der Waals surface area contributed by atoms with E-state index in [1.165, 1.54) is 30.6 Å². The molecular weight excluding hydrogens is 358 g/mol. The van der Waals surface area contributed by atoms with Crippen LogP contribution in [0.15, 0.2) is 41.8 Å². The largest absolute Gasteiger partial charge is 0.497 e. The SMILES string of the molecule is COc1ccc(Cn2nnnc2[C@H](c2cccs2)N2CCCCCC2)cc1. The van der Waals surface area contributed by atoms with Gasteiger partial charge in [-0.25, -0.2) is 4.68 Å². The molecule has 0 N–H and O–H groups in total. The Kier molecular flexibility index (Phi) is 5.79. The summed E-state index contributed by atoms with van der Waals surface area (Å²) in [4.78, 5) is 3.86. The number of thiophene rings is 1. The summed E-state index contributed by atoms with van der Waals surface area (Å²) in [5.41, 5.74) is 1.16. The maximum absolute atomic E-state index is 5.25. The first-order valence-corrected chi connectivity index (χ1v) is 10.4. The van der Waals surface area contributed by atoms with E-state index in [0.717, 1.165) is 30.2 Å². The molecule has 6 nitrogen and oxygen atoms in total. The summed E-state index contributed by atoms with van der Waals surface area (Å²) in [6.07, 6.45) is 5.10. The molecule has 1 aliphatic heterocycles. The van der Waals surface area contributed by atoms with Crippen molar-refractivity contribution in [3.05, 3.63) is 58.0 Å². The van der Waals surface area contributed by atoms with Gasteiger partial charge in [0.15, 0.2) is 5.82 Å². The Morgan fingerprint density at radius 2 is 1.85 bits per heavy atom. The number of nitrogens with zero attached hydrogens (tertiary/aromatic N) is 5. The molecule has 1 atom stereocenters. The van der Waals surface area contributed by atoms with Gasteiger partial charge in [-0.15, -0.1) is 16.4 Å².